The number of sulfonamides is 1. The lowest BCUT2D eigenvalue weighted by atomic mass is 10.2. The standard InChI is InChI=1S/C16H25N3O4S/c1-5-17-24(22,23)14-10-8-9-13(11-14)16(21)18(4)12-15(20)19(6-2)7-3/h8-11,17H,5-7,12H2,1-4H3. The third-order valence-corrected chi connectivity index (χ3v) is 5.10. The number of benzene rings is 1. The average molecular weight is 355 g/mol. The van der Waals surface area contributed by atoms with E-state index >= 15 is 0 Å². The van der Waals surface area contributed by atoms with Crippen LogP contribution in [0.15, 0.2) is 29.2 Å². The molecule has 0 spiro atoms. The van der Waals surface area contributed by atoms with Gasteiger partial charge in [-0.25, -0.2) is 13.1 Å². The summed E-state index contributed by atoms with van der Waals surface area (Å²) in [6.45, 7) is 6.79. The van der Waals surface area contributed by atoms with Gasteiger partial charge in [-0.15, -0.1) is 0 Å². The number of carbonyl (C=O) groups excluding carboxylic acids is 2. The summed E-state index contributed by atoms with van der Waals surface area (Å²) < 4.78 is 26.4. The normalized spacial score (nSPS) is 11.2. The van der Waals surface area contributed by atoms with Crippen LogP contribution in [0.2, 0.25) is 0 Å². The molecule has 1 rings (SSSR count). The molecule has 8 heteroatoms. The third kappa shape index (κ3) is 5.04. The number of nitrogens with one attached hydrogen (secondary N) is 1. The second kappa shape index (κ2) is 8.79. The molecule has 0 radical (unpaired) electrons. The zero-order valence-electron chi connectivity index (χ0n) is 14.6. The fourth-order valence-corrected chi connectivity index (χ4v) is 3.33. The molecule has 1 N–H and O–H groups in total. The van der Waals surface area contributed by atoms with Crippen LogP contribution in [0, 0.1) is 0 Å². The Labute approximate surface area is 143 Å². The summed E-state index contributed by atoms with van der Waals surface area (Å²) in [4.78, 5) is 27.5. The van der Waals surface area contributed by atoms with Crippen LogP contribution in [0.25, 0.3) is 0 Å². The van der Waals surface area contributed by atoms with E-state index in [4.69, 9.17) is 0 Å². The van der Waals surface area contributed by atoms with Crippen LogP contribution < -0.4 is 4.72 Å². The van der Waals surface area contributed by atoms with Crippen molar-refractivity contribution in [2.24, 2.45) is 0 Å². The summed E-state index contributed by atoms with van der Waals surface area (Å²) in [5.41, 5.74) is 0.226. The molecule has 0 aliphatic heterocycles. The van der Waals surface area contributed by atoms with E-state index < -0.39 is 15.9 Å². The summed E-state index contributed by atoms with van der Waals surface area (Å²) >= 11 is 0. The average Bonchev–Trinajstić information content (AvgIpc) is 2.55. The van der Waals surface area contributed by atoms with Crippen molar-refractivity contribution in [1.29, 1.82) is 0 Å². The van der Waals surface area contributed by atoms with E-state index in [1.54, 1.807) is 11.8 Å². The van der Waals surface area contributed by atoms with Gasteiger partial charge in [-0.05, 0) is 32.0 Å². The molecule has 134 valence electrons. The van der Waals surface area contributed by atoms with E-state index in [2.05, 4.69) is 4.72 Å². The summed E-state index contributed by atoms with van der Waals surface area (Å²) in [5.74, 6) is -0.545. The van der Waals surface area contributed by atoms with E-state index in [1.807, 2.05) is 13.8 Å². The Bertz CT molecular complexity index is 684. The van der Waals surface area contributed by atoms with Gasteiger partial charge in [0.05, 0.1) is 11.4 Å². The Morgan fingerprint density at radius 2 is 1.75 bits per heavy atom. The molecule has 1 aromatic rings. The minimum Gasteiger partial charge on any atom is -0.342 e. The van der Waals surface area contributed by atoms with Gasteiger partial charge in [0.1, 0.15) is 0 Å². The van der Waals surface area contributed by atoms with Crippen LogP contribution >= 0.6 is 0 Å². The molecule has 0 saturated heterocycles. The van der Waals surface area contributed by atoms with Gasteiger partial charge in [-0.2, -0.15) is 0 Å². The molecule has 0 aliphatic rings. The maximum absolute atomic E-state index is 12.5. The van der Waals surface area contributed by atoms with Crippen LogP contribution in [0.1, 0.15) is 31.1 Å². The van der Waals surface area contributed by atoms with Crippen LogP contribution in [0.4, 0.5) is 0 Å². The topological polar surface area (TPSA) is 86.8 Å². The maximum atomic E-state index is 12.5. The summed E-state index contributed by atoms with van der Waals surface area (Å²) in [6, 6.07) is 5.79. The molecule has 1 aromatic carbocycles. The van der Waals surface area contributed by atoms with Crippen molar-refractivity contribution in [3.63, 3.8) is 0 Å². The second-order valence-corrected chi connectivity index (χ2v) is 7.02. The first-order valence-corrected chi connectivity index (χ1v) is 9.38. The lowest BCUT2D eigenvalue weighted by Crippen LogP contribution is -2.41. The van der Waals surface area contributed by atoms with Gasteiger partial charge in [-0.1, -0.05) is 13.0 Å². The third-order valence-electron chi connectivity index (χ3n) is 3.56. The second-order valence-electron chi connectivity index (χ2n) is 5.26. The van der Waals surface area contributed by atoms with Gasteiger partial charge in [0.2, 0.25) is 15.9 Å². The minimum absolute atomic E-state index is 0.0265. The van der Waals surface area contributed by atoms with Gasteiger partial charge in [0, 0.05) is 32.2 Å². The predicted molar refractivity (Wildman–Crippen MR) is 92.2 cm³/mol. The van der Waals surface area contributed by atoms with Crippen molar-refractivity contribution in [2.75, 3.05) is 33.2 Å². The molecule has 0 unspecified atom stereocenters. The summed E-state index contributed by atoms with van der Waals surface area (Å²) in [6.07, 6.45) is 0. The van der Waals surface area contributed by atoms with E-state index in [0.29, 0.717) is 13.1 Å². The molecule has 0 atom stereocenters. The highest BCUT2D eigenvalue weighted by molar-refractivity contribution is 7.89. The molecule has 0 heterocycles. The first-order valence-electron chi connectivity index (χ1n) is 7.89. The van der Waals surface area contributed by atoms with Gasteiger partial charge in [-0.3, -0.25) is 9.59 Å². The van der Waals surface area contributed by atoms with Crippen molar-refractivity contribution in [3.05, 3.63) is 29.8 Å². The van der Waals surface area contributed by atoms with E-state index in [1.165, 1.54) is 36.2 Å². The Hall–Kier alpha value is -1.93. The molecule has 0 fully saturated rings. The highest BCUT2D eigenvalue weighted by atomic mass is 32.2. The van der Waals surface area contributed by atoms with Crippen molar-refractivity contribution < 1.29 is 18.0 Å². The molecule has 0 saturated carbocycles. The fourth-order valence-electron chi connectivity index (χ4n) is 2.24. The minimum atomic E-state index is -3.63. The zero-order valence-corrected chi connectivity index (χ0v) is 15.4. The number of likely N-dealkylation sites (N-methyl/N-ethyl adjacent to an activating group) is 2. The quantitative estimate of drug-likeness (QED) is 0.751. The monoisotopic (exact) mass is 355 g/mol. The molecular weight excluding hydrogens is 330 g/mol. The van der Waals surface area contributed by atoms with Gasteiger partial charge in [0.25, 0.3) is 5.91 Å². The van der Waals surface area contributed by atoms with Crippen molar-refractivity contribution >= 4 is 21.8 Å². The Kier molecular flexibility index (Phi) is 7.37. The highest BCUT2D eigenvalue weighted by Crippen LogP contribution is 2.13. The van der Waals surface area contributed by atoms with Gasteiger partial charge < -0.3 is 9.80 Å². The number of carbonyl (C=O) groups is 2. The number of nitrogens with zero attached hydrogens (tertiary/aromatic N) is 2. The highest BCUT2D eigenvalue weighted by Gasteiger charge is 2.20. The molecule has 7 nitrogen and oxygen atoms in total. The Morgan fingerprint density at radius 1 is 1.12 bits per heavy atom. The Morgan fingerprint density at radius 3 is 2.29 bits per heavy atom. The smallest absolute Gasteiger partial charge is 0.254 e. The number of rotatable bonds is 8. The first kappa shape index (κ1) is 20.1. The zero-order chi connectivity index (χ0) is 18.3. The summed E-state index contributed by atoms with van der Waals surface area (Å²) in [7, 11) is -2.11. The SMILES string of the molecule is CCNS(=O)(=O)c1cccc(C(=O)N(C)CC(=O)N(CC)CC)c1. The van der Waals surface area contributed by atoms with E-state index in [0.717, 1.165) is 0 Å². The number of hydrogen-bond acceptors (Lipinski definition) is 4. The largest absolute Gasteiger partial charge is 0.342 e. The van der Waals surface area contributed by atoms with Crippen molar-refractivity contribution in [1.82, 2.24) is 14.5 Å². The first-order chi connectivity index (χ1) is 11.3. The van der Waals surface area contributed by atoms with Crippen LogP contribution in [-0.4, -0.2) is 63.3 Å². The van der Waals surface area contributed by atoms with Crippen LogP contribution in [0.3, 0.4) is 0 Å². The fraction of sp³-hybridized carbons (Fsp3) is 0.500. The molecule has 0 aliphatic carbocycles. The van der Waals surface area contributed by atoms with Crippen molar-refractivity contribution in [3.8, 4) is 0 Å². The van der Waals surface area contributed by atoms with Crippen molar-refractivity contribution in [2.45, 2.75) is 25.7 Å². The van der Waals surface area contributed by atoms with E-state index in [-0.39, 0.29) is 29.5 Å². The molecular formula is C16H25N3O4S. The number of amides is 2. The number of hydrogen-bond donors (Lipinski definition) is 1. The lowest BCUT2D eigenvalue weighted by Gasteiger charge is -2.23. The predicted octanol–water partition coefficient (Wildman–Crippen LogP) is 0.925. The molecule has 2 amide bonds. The maximum Gasteiger partial charge on any atom is 0.254 e. The van der Waals surface area contributed by atoms with Crippen LogP contribution in [0.5, 0.6) is 0 Å². The van der Waals surface area contributed by atoms with Crippen LogP contribution in [-0.2, 0) is 14.8 Å². The van der Waals surface area contributed by atoms with E-state index in [9.17, 15) is 18.0 Å². The van der Waals surface area contributed by atoms with Gasteiger partial charge >= 0.3 is 0 Å². The Balaban J connectivity index is 2.94. The molecule has 0 aromatic heterocycles. The molecule has 0 bridgehead atoms. The lowest BCUT2D eigenvalue weighted by molar-refractivity contribution is -0.131. The summed E-state index contributed by atoms with van der Waals surface area (Å²) in [5, 5.41) is 0. The van der Waals surface area contributed by atoms with Gasteiger partial charge in [0.15, 0.2) is 0 Å². The molecule has 24 heavy (non-hydrogen) atoms.